The van der Waals surface area contributed by atoms with Crippen LogP contribution < -0.4 is 5.32 Å². The minimum absolute atomic E-state index is 0.00681. The van der Waals surface area contributed by atoms with Gasteiger partial charge in [0.25, 0.3) is 0 Å². The molecule has 0 saturated carbocycles. The number of carbonyl (C=O) groups is 1. The standard InChI is InChI=1S/C18H18N2OS/c19-12-15-14-9-5-10-16(14)22-18(15)20-17(21)11-4-8-13-6-2-1-3-7-13/h1-3,6-7H,4-5,8-11H2,(H,20,21). The number of thiophene rings is 1. The van der Waals surface area contributed by atoms with Crippen molar-refractivity contribution in [2.75, 3.05) is 5.32 Å². The summed E-state index contributed by atoms with van der Waals surface area (Å²) in [5.74, 6) is 0.00681. The van der Waals surface area contributed by atoms with E-state index in [9.17, 15) is 10.1 Å². The number of nitrogens with one attached hydrogen (secondary N) is 1. The van der Waals surface area contributed by atoms with Crippen LogP contribution in [0, 0.1) is 11.3 Å². The fourth-order valence-electron chi connectivity index (χ4n) is 2.90. The van der Waals surface area contributed by atoms with Gasteiger partial charge >= 0.3 is 0 Å². The lowest BCUT2D eigenvalue weighted by Gasteiger charge is -2.04. The van der Waals surface area contributed by atoms with Crippen molar-refractivity contribution in [3.05, 3.63) is 51.9 Å². The molecule has 112 valence electrons. The molecule has 2 aromatic rings. The zero-order chi connectivity index (χ0) is 15.4. The number of nitrogens with zero attached hydrogens (tertiary/aromatic N) is 1. The Hall–Kier alpha value is -2.12. The molecule has 0 fully saturated rings. The summed E-state index contributed by atoms with van der Waals surface area (Å²) in [6.07, 6.45) is 5.35. The number of carbonyl (C=O) groups excluding carboxylic acids is 1. The summed E-state index contributed by atoms with van der Waals surface area (Å²) in [5, 5.41) is 13.0. The molecule has 0 atom stereocenters. The van der Waals surface area contributed by atoms with E-state index in [0.29, 0.717) is 12.0 Å². The van der Waals surface area contributed by atoms with E-state index in [4.69, 9.17) is 0 Å². The van der Waals surface area contributed by atoms with Gasteiger partial charge in [-0.05, 0) is 43.2 Å². The number of aryl methyl sites for hydroxylation is 2. The van der Waals surface area contributed by atoms with E-state index >= 15 is 0 Å². The summed E-state index contributed by atoms with van der Waals surface area (Å²) in [7, 11) is 0. The molecule has 1 aromatic heterocycles. The minimum atomic E-state index is 0.00681. The van der Waals surface area contributed by atoms with Crippen LogP contribution in [0.15, 0.2) is 30.3 Å². The van der Waals surface area contributed by atoms with Crippen molar-refractivity contribution in [2.45, 2.75) is 38.5 Å². The minimum Gasteiger partial charge on any atom is -0.317 e. The lowest BCUT2D eigenvalue weighted by molar-refractivity contribution is -0.116. The highest BCUT2D eigenvalue weighted by Gasteiger charge is 2.22. The average Bonchev–Trinajstić information content (AvgIpc) is 3.08. The zero-order valence-corrected chi connectivity index (χ0v) is 13.2. The number of amides is 1. The highest BCUT2D eigenvalue weighted by Crippen LogP contribution is 2.38. The lowest BCUT2D eigenvalue weighted by atomic mass is 10.1. The first-order valence-corrected chi connectivity index (χ1v) is 8.48. The fourth-order valence-corrected chi connectivity index (χ4v) is 4.15. The number of anilines is 1. The van der Waals surface area contributed by atoms with Crippen LogP contribution in [0.4, 0.5) is 5.00 Å². The van der Waals surface area contributed by atoms with Crippen molar-refractivity contribution < 1.29 is 4.79 Å². The van der Waals surface area contributed by atoms with Gasteiger partial charge in [0.2, 0.25) is 5.91 Å². The van der Waals surface area contributed by atoms with E-state index in [2.05, 4.69) is 23.5 Å². The third-order valence-electron chi connectivity index (χ3n) is 4.00. The maximum atomic E-state index is 12.1. The first-order chi connectivity index (χ1) is 10.8. The number of benzene rings is 1. The Morgan fingerprint density at radius 1 is 1.27 bits per heavy atom. The van der Waals surface area contributed by atoms with Crippen LogP contribution in [-0.2, 0) is 24.1 Å². The molecule has 0 bridgehead atoms. The largest absolute Gasteiger partial charge is 0.317 e. The van der Waals surface area contributed by atoms with Gasteiger partial charge in [0.1, 0.15) is 11.1 Å². The first kappa shape index (κ1) is 14.8. The average molecular weight is 310 g/mol. The van der Waals surface area contributed by atoms with Gasteiger partial charge in [-0.1, -0.05) is 30.3 Å². The molecular weight excluding hydrogens is 292 g/mol. The number of hydrogen-bond donors (Lipinski definition) is 1. The number of hydrogen-bond acceptors (Lipinski definition) is 3. The molecule has 0 saturated heterocycles. The molecular formula is C18H18N2OS. The molecule has 1 aromatic carbocycles. The third kappa shape index (κ3) is 3.20. The third-order valence-corrected chi connectivity index (χ3v) is 5.21. The predicted molar refractivity (Wildman–Crippen MR) is 89.1 cm³/mol. The van der Waals surface area contributed by atoms with Crippen molar-refractivity contribution in [2.24, 2.45) is 0 Å². The Bertz CT molecular complexity index is 713. The molecule has 3 rings (SSSR count). The number of rotatable bonds is 5. The van der Waals surface area contributed by atoms with Gasteiger partial charge in [-0.25, -0.2) is 0 Å². The normalized spacial score (nSPS) is 12.7. The molecule has 0 radical (unpaired) electrons. The summed E-state index contributed by atoms with van der Waals surface area (Å²) >= 11 is 1.58. The van der Waals surface area contributed by atoms with Crippen LogP contribution in [0.2, 0.25) is 0 Å². The molecule has 1 heterocycles. The smallest absolute Gasteiger partial charge is 0.225 e. The van der Waals surface area contributed by atoms with Crippen LogP contribution in [-0.4, -0.2) is 5.91 Å². The SMILES string of the molecule is N#Cc1c(NC(=O)CCCc2ccccc2)sc2c1CCC2. The highest BCUT2D eigenvalue weighted by molar-refractivity contribution is 7.16. The van der Waals surface area contributed by atoms with E-state index < -0.39 is 0 Å². The zero-order valence-electron chi connectivity index (χ0n) is 12.4. The van der Waals surface area contributed by atoms with Crippen molar-refractivity contribution in [1.82, 2.24) is 0 Å². The monoisotopic (exact) mass is 310 g/mol. The molecule has 1 aliphatic carbocycles. The molecule has 1 N–H and O–H groups in total. The van der Waals surface area contributed by atoms with Crippen molar-refractivity contribution >= 4 is 22.2 Å². The molecule has 4 heteroatoms. The summed E-state index contributed by atoms with van der Waals surface area (Å²) in [6.45, 7) is 0. The van der Waals surface area contributed by atoms with E-state index in [1.165, 1.54) is 10.4 Å². The molecule has 0 spiro atoms. The Balaban J connectivity index is 1.55. The predicted octanol–water partition coefficient (Wildman–Crippen LogP) is 4.07. The molecule has 1 amide bonds. The van der Waals surface area contributed by atoms with E-state index in [-0.39, 0.29) is 5.91 Å². The second-order valence-corrected chi connectivity index (χ2v) is 6.67. The van der Waals surface area contributed by atoms with Crippen LogP contribution in [0.5, 0.6) is 0 Å². The van der Waals surface area contributed by atoms with Gasteiger partial charge in [0.15, 0.2) is 0 Å². The van der Waals surface area contributed by atoms with Crippen LogP contribution in [0.3, 0.4) is 0 Å². The van der Waals surface area contributed by atoms with Crippen molar-refractivity contribution in [1.29, 1.82) is 5.26 Å². The second kappa shape index (κ2) is 6.76. The molecule has 3 nitrogen and oxygen atoms in total. The van der Waals surface area contributed by atoms with Gasteiger partial charge in [-0.15, -0.1) is 11.3 Å². The van der Waals surface area contributed by atoms with E-state index in [0.717, 1.165) is 42.7 Å². The van der Waals surface area contributed by atoms with Crippen molar-refractivity contribution in [3.63, 3.8) is 0 Å². The Labute approximate surface area is 134 Å². The summed E-state index contributed by atoms with van der Waals surface area (Å²) in [5.41, 5.74) is 3.10. The number of nitriles is 1. The molecule has 1 aliphatic rings. The van der Waals surface area contributed by atoms with Gasteiger partial charge < -0.3 is 5.32 Å². The quantitative estimate of drug-likeness (QED) is 0.905. The first-order valence-electron chi connectivity index (χ1n) is 7.66. The van der Waals surface area contributed by atoms with E-state index in [1.807, 2.05) is 18.2 Å². The van der Waals surface area contributed by atoms with Crippen LogP contribution in [0.1, 0.15) is 40.8 Å². The maximum Gasteiger partial charge on any atom is 0.225 e. The maximum absolute atomic E-state index is 12.1. The van der Waals surface area contributed by atoms with Crippen LogP contribution >= 0.6 is 11.3 Å². The Kier molecular flexibility index (Phi) is 4.55. The highest BCUT2D eigenvalue weighted by atomic mass is 32.1. The van der Waals surface area contributed by atoms with E-state index in [1.54, 1.807) is 11.3 Å². The summed E-state index contributed by atoms with van der Waals surface area (Å²) in [4.78, 5) is 13.4. The molecule has 0 aliphatic heterocycles. The molecule has 22 heavy (non-hydrogen) atoms. The Morgan fingerprint density at radius 2 is 2.09 bits per heavy atom. The van der Waals surface area contributed by atoms with Crippen LogP contribution in [0.25, 0.3) is 0 Å². The van der Waals surface area contributed by atoms with Gasteiger partial charge in [-0.3, -0.25) is 4.79 Å². The van der Waals surface area contributed by atoms with Gasteiger partial charge in [0.05, 0.1) is 5.56 Å². The topological polar surface area (TPSA) is 52.9 Å². The second-order valence-electron chi connectivity index (χ2n) is 5.56. The Morgan fingerprint density at radius 3 is 2.86 bits per heavy atom. The summed E-state index contributed by atoms with van der Waals surface area (Å²) < 4.78 is 0. The fraction of sp³-hybridized carbons (Fsp3) is 0.333. The molecule has 0 unspecified atom stereocenters. The van der Waals surface area contributed by atoms with Gasteiger partial charge in [-0.2, -0.15) is 5.26 Å². The van der Waals surface area contributed by atoms with Gasteiger partial charge in [0, 0.05) is 11.3 Å². The van der Waals surface area contributed by atoms with Crippen molar-refractivity contribution in [3.8, 4) is 6.07 Å². The summed E-state index contributed by atoms with van der Waals surface area (Å²) in [6, 6.07) is 12.4. The number of fused-ring (bicyclic) bond motifs is 1. The lowest BCUT2D eigenvalue weighted by Crippen LogP contribution is -2.11.